The van der Waals surface area contributed by atoms with Gasteiger partial charge in [0.05, 0.1) is 23.1 Å². The van der Waals surface area contributed by atoms with Crippen molar-refractivity contribution in [2.75, 3.05) is 23.7 Å². The highest BCUT2D eigenvalue weighted by Gasteiger charge is 2.13. The highest BCUT2D eigenvalue weighted by atomic mass is 79.9. The molecule has 0 radical (unpaired) electrons. The Bertz CT molecular complexity index is 557. The quantitative estimate of drug-likeness (QED) is 0.897. The van der Waals surface area contributed by atoms with E-state index in [1.54, 1.807) is 6.20 Å². The molecule has 0 spiro atoms. The van der Waals surface area contributed by atoms with Crippen molar-refractivity contribution in [1.82, 2.24) is 4.98 Å². The molecule has 0 aliphatic rings. The second kappa shape index (κ2) is 6.24. The lowest BCUT2D eigenvalue weighted by molar-refractivity contribution is 0.748. The van der Waals surface area contributed by atoms with E-state index in [1.807, 2.05) is 12.1 Å². The topological polar surface area (TPSA) is 42.1 Å². The van der Waals surface area contributed by atoms with Gasteiger partial charge in [0.2, 0.25) is 0 Å². The van der Waals surface area contributed by atoms with Gasteiger partial charge >= 0.3 is 0 Å². The van der Waals surface area contributed by atoms with Crippen LogP contribution in [0, 0.1) is 0 Å². The number of fused-ring (bicyclic) bond motifs is 1. The molecule has 0 bridgehead atoms. The summed E-state index contributed by atoms with van der Waals surface area (Å²) in [5.74, 6) is 0. The lowest BCUT2D eigenvalue weighted by Crippen LogP contribution is -2.26. The molecule has 0 unspecified atom stereocenters. The van der Waals surface area contributed by atoms with Crippen LogP contribution in [0.2, 0.25) is 0 Å². The van der Waals surface area contributed by atoms with Gasteiger partial charge in [0, 0.05) is 22.9 Å². The van der Waals surface area contributed by atoms with Gasteiger partial charge in [0.1, 0.15) is 0 Å². The Kier molecular flexibility index (Phi) is 4.64. The van der Waals surface area contributed by atoms with Gasteiger partial charge in [-0.05, 0) is 31.0 Å². The fraction of sp³-hybridized carbons (Fsp3) is 0.400. The molecule has 2 rings (SSSR count). The van der Waals surface area contributed by atoms with Gasteiger partial charge < -0.3 is 10.6 Å². The molecule has 0 saturated heterocycles. The van der Waals surface area contributed by atoms with Crippen molar-refractivity contribution in [3.8, 4) is 0 Å². The molecule has 1 aromatic heterocycles. The molecule has 2 N–H and O–H groups in total. The summed E-state index contributed by atoms with van der Waals surface area (Å²) < 4.78 is 1.06. The molecule has 1 heterocycles. The average molecular weight is 322 g/mol. The summed E-state index contributed by atoms with van der Waals surface area (Å²) in [6, 6.07) is 6.14. The third-order valence-corrected chi connectivity index (χ3v) is 3.63. The number of anilines is 2. The van der Waals surface area contributed by atoms with Crippen molar-refractivity contribution in [3.63, 3.8) is 0 Å². The van der Waals surface area contributed by atoms with Crippen molar-refractivity contribution in [2.45, 2.75) is 26.7 Å². The van der Waals surface area contributed by atoms with Gasteiger partial charge in [-0.1, -0.05) is 29.8 Å². The predicted molar refractivity (Wildman–Crippen MR) is 86.7 cm³/mol. The Labute approximate surface area is 122 Å². The van der Waals surface area contributed by atoms with Crippen LogP contribution in [0.3, 0.4) is 0 Å². The van der Waals surface area contributed by atoms with Gasteiger partial charge in [-0.2, -0.15) is 0 Å². The van der Waals surface area contributed by atoms with E-state index in [4.69, 9.17) is 5.73 Å². The molecule has 19 heavy (non-hydrogen) atoms. The van der Waals surface area contributed by atoms with E-state index < -0.39 is 0 Å². The highest BCUT2D eigenvalue weighted by Crippen LogP contribution is 2.33. The largest absolute Gasteiger partial charge is 0.396 e. The molecule has 1 aromatic carbocycles. The minimum atomic E-state index is 0.757. The van der Waals surface area contributed by atoms with Crippen LogP contribution in [0.4, 0.5) is 11.4 Å². The zero-order chi connectivity index (χ0) is 13.8. The molecule has 0 fully saturated rings. The maximum atomic E-state index is 6.18. The molecule has 2 aromatic rings. The van der Waals surface area contributed by atoms with Crippen molar-refractivity contribution in [2.24, 2.45) is 0 Å². The number of hydrogen-bond acceptors (Lipinski definition) is 3. The SMILES string of the molecule is CCCN(CCC)c1c(N)cnc2ccc(Br)cc12. The van der Waals surface area contributed by atoms with Crippen molar-refractivity contribution >= 4 is 38.2 Å². The molecule has 4 heteroatoms. The number of hydrogen-bond donors (Lipinski definition) is 1. The number of nitrogen functional groups attached to an aromatic ring is 1. The Balaban J connectivity index is 2.61. The van der Waals surface area contributed by atoms with E-state index in [1.165, 1.54) is 0 Å². The van der Waals surface area contributed by atoms with Crippen LogP contribution in [0.5, 0.6) is 0 Å². The maximum Gasteiger partial charge on any atom is 0.0745 e. The molecule has 0 atom stereocenters. The maximum absolute atomic E-state index is 6.18. The second-order valence-electron chi connectivity index (χ2n) is 4.71. The fourth-order valence-electron chi connectivity index (χ4n) is 2.39. The summed E-state index contributed by atoms with van der Waals surface area (Å²) in [6.45, 7) is 6.42. The van der Waals surface area contributed by atoms with Crippen LogP contribution < -0.4 is 10.6 Å². The minimum Gasteiger partial charge on any atom is -0.396 e. The van der Waals surface area contributed by atoms with Crippen LogP contribution in [-0.2, 0) is 0 Å². The number of pyridine rings is 1. The van der Waals surface area contributed by atoms with Crippen LogP contribution >= 0.6 is 15.9 Å². The smallest absolute Gasteiger partial charge is 0.0745 e. The first-order valence-corrected chi connectivity index (χ1v) is 7.55. The fourth-order valence-corrected chi connectivity index (χ4v) is 2.76. The van der Waals surface area contributed by atoms with E-state index >= 15 is 0 Å². The third-order valence-electron chi connectivity index (χ3n) is 3.13. The van der Waals surface area contributed by atoms with E-state index in [-0.39, 0.29) is 0 Å². The van der Waals surface area contributed by atoms with Crippen LogP contribution in [0.15, 0.2) is 28.9 Å². The number of rotatable bonds is 5. The van der Waals surface area contributed by atoms with E-state index in [0.717, 1.165) is 52.7 Å². The van der Waals surface area contributed by atoms with E-state index in [0.29, 0.717) is 0 Å². The Morgan fingerprint density at radius 2 is 1.89 bits per heavy atom. The Hall–Kier alpha value is -1.29. The summed E-state index contributed by atoms with van der Waals surface area (Å²) in [6.07, 6.45) is 3.98. The second-order valence-corrected chi connectivity index (χ2v) is 5.63. The van der Waals surface area contributed by atoms with E-state index in [9.17, 15) is 0 Å². The Morgan fingerprint density at radius 3 is 2.53 bits per heavy atom. The monoisotopic (exact) mass is 321 g/mol. The van der Waals surface area contributed by atoms with Gasteiger partial charge in [-0.3, -0.25) is 4.98 Å². The number of benzene rings is 1. The number of aromatic nitrogens is 1. The molecule has 0 aliphatic heterocycles. The summed E-state index contributed by atoms with van der Waals surface area (Å²) in [5, 5.41) is 1.12. The molecule has 102 valence electrons. The first-order valence-electron chi connectivity index (χ1n) is 6.76. The number of nitrogens with zero attached hydrogens (tertiary/aromatic N) is 2. The van der Waals surface area contributed by atoms with Crippen molar-refractivity contribution < 1.29 is 0 Å². The molecule has 0 aliphatic carbocycles. The zero-order valence-corrected chi connectivity index (χ0v) is 13.1. The van der Waals surface area contributed by atoms with Gasteiger partial charge in [-0.15, -0.1) is 0 Å². The van der Waals surface area contributed by atoms with Crippen molar-refractivity contribution in [1.29, 1.82) is 0 Å². The summed E-state index contributed by atoms with van der Waals surface area (Å²) in [5.41, 5.74) is 9.05. The predicted octanol–water partition coefficient (Wildman–Crippen LogP) is 4.21. The van der Waals surface area contributed by atoms with Gasteiger partial charge in [-0.25, -0.2) is 0 Å². The van der Waals surface area contributed by atoms with E-state index in [2.05, 4.69) is 45.7 Å². The lowest BCUT2D eigenvalue weighted by Gasteiger charge is -2.26. The third kappa shape index (κ3) is 3.00. The van der Waals surface area contributed by atoms with Crippen LogP contribution in [0.1, 0.15) is 26.7 Å². The van der Waals surface area contributed by atoms with Gasteiger partial charge in [0.15, 0.2) is 0 Å². The molecule has 0 saturated carbocycles. The zero-order valence-electron chi connectivity index (χ0n) is 11.5. The molecular formula is C15H20BrN3. The highest BCUT2D eigenvalue weighted by molar-refractivity contribution is 9.10. The molecule has 3 nitrogen and oxygen atoms in total. The van der Waals surface area contributed by atoms with Crippen molar-refractivity contribution in [3.05, 3.63) is 28.9 Å². The number of halogens is 1. The minimum absolute atomic E-state index is 0.757. The normalized spacial score (nSPS) is 10.9. The Morgan fingerprint density at radius 1 is 1.21 bits per heavy atom. The summed E-state index contributed by atoms with van der Waals surface area (Å²) in [7, 11) is 0. The first-order chi connectivity index (χ1) is 9.17. The average Bonchev–Trinajstić information content (AvgIpc) is 2.38. The number of nitrogens with two attached hydrogens (primary N) is 1. The van der Waals surface area contributed by atoms with Crippen LogP contribution in [-0.4, -0.2) is 18.1 Å². The first kappa shape index (κ1) is 14.1. The van der Waals surface area contributed by atoms with Crippen LogP contribution in [0.25, 0.3) is 10.9 Å². The lowest BCUT2D eigenvalue weighted by atomic mass is 10.1. The standard InChI is InChI=1S/C15H20BrN3/c1-3-7-19(8-4-2)15-12-9-11(16)5-6-14(12)18-10-13(15)17/h5-6,9-10H,3-4,7-8,17H2,1-2H3. The molecular weight excluding hydrogens is 302 g/mol. The summed E-state index contributed by atoms with van der Waals surface area (Å²) >= 11 is 3.53. The summed E-state index contributed by atoms with van der Waals surface area (Å²) in [4.78, 5) is 6.78. The van der Waals surface area contributed by atoms with Gasteiger partial charge in [0.25, 0.3) is 0 Å². The molecule has 0 amide bonds.